The third-order valence-corrected chi connectivity index (χ3v) is 4.12. The van der Waals surface area contributed by atoms with Crippen LogP contribution in [0.15, 0.2) is 27.6 Å². The van der Waals surface area contributed by atoms with E-state index in [1.54, 1.807) is 0 Å². The van der Waals surface area contributed by atoms with Crippen LogP contribution in [0.2, 0.25) is 0 Å². The summed E-state index contributed by atoms with van der Waals surface area (Å²) in [7, 11) is 0. The van der Waals surface area contributed by atoms with Gasteiger partial charge in [-0.25, -0.2) is 0 Å². The molecule has 0 fully saturated rings. The number of amides is 1. The van der Waals surface area contributed by atoms with E-state index in [2.05, 4.69) is 28.9 Å². The molecule has 0 bridgehead atoms. The number of carbonyl (C=O) groups is 1. The molecular weight excluding hydrogens is 274 g/mol. The lowest BCUT2D eigenvalue weighted by Gasteiger charge is -2.24. The first-order chi connectivity index (χ1) is 7.16. The predicted octanol–water partition coefficient (Wildman–Crippen LogP) is 3.30. The van der Waals surface area contributed by atoms with Crippen LogP contribution in [0.1, 0.15) is 23.0 Å². The second-order valence-corrected chi connectivity index (χ2v) is 6.12. The Morgan fingerprint density at radius 3 is 2.87 bits per heavy atom. The minimum Gasteiger partial charge on any atom is -0.334 e. The van der Waals surface area contributed by atoms with Gasteiger partial charge in [0.2, 0.25) is 0 Å². The van der Waals surface area contributed by atoms with Gasteiger partial charge in [0.1, 0.15) is 0 Å². The topological polar surface area (TPSA) is 20.3 Å². The molecule has 1 amide bonds. The lowest BCUT2D eigenvalue weighted by atomic mass is 10.1. The Balaban J connectivity index is 2.09. The first kappa shape index (κ1) is 10.9. The van der Waals surface area contributed by atoms with Crippen molar-refractivity contribution >= 4 is 33.2 Å². The molecule has 2 heterocycles. The van der Waals surface area contributed by atoms with E-state index < -0.39 is 0 Å². The molecular formula is C11H12BrNOS. The maximum Gasteiger partial charge on any atom is 0.264 e. The molecule has 1 aromatic rings. The molecule has 0 radical (unpaired) electrons. The van der Waals surface area contributed by atoms with Gasteiger partial charge in [-0.1, -0.05) is 11.6 Å². The summed E-state index contributed by atoms with van der Waals surface area (Å²) < 4.78 is 1.01. The fourth-order valence-electron chi connectivity index (χ4n) is 1.54. The normalized spacial score (nSPS) is 16.4. The van der Waals surface area contributed by atoms with Crippen LogP contribution in [-0.4, -0.2) is 23.9 Å². The Bertz CT molecular complexity index is 410. The van der Waals surface area contributed by atoms with Crippen molar-refractivity contribution in [1.29, 1.82) is 0 Å². The van der Waals surface area contributed by atoms with E-state index in [9.17, 15) is 4.79 Å². The van der Waals surface area contributed by atoms with Crippen molar-refractivity contribution in [3.05, 3.63) is 32.4 Å². The average molecular weight is 286 g/mol. The van der Waals surface area contributed by atoms with Gasteiger partial charge < -0.3 is 4.90 Å². The van der Waals surface area contributed by atoms with Gasteiger partial charge in [-0.3, -0.25) is 4.79 Å². The Hall–Kier alpha value is -0.610. The maximum absolute atomic E-state index is 12.0. The van der Waals surface area contributed by atoms with Crippen molar-refractivity contribution in [2.24, 2.45) is 0 Å². The molecule has 0 unspecified atom stereocenters. The zero-order chi connectivity index (χ0) is 10.8. The molecule has 1 aromatic heterocycles. The molecule has 0 N–H and O–H groups in total. The second-order valence-electron chi connectivity index (χ2n) is 3.66. The summed E-state index contributed by atoms with van der Waals surface area (Å²) in [4.78, 5) is 14.7. The van der Waals surface area contributed by atoms with E-state index in [0.717, 1.165) is 28.2 Å². The van der Waals surface area contributed by atoms with Crippen molar-refractivity contribution in [2.75, 3.05) is 13.1 Å². The Morgan fingerprint density at radius 2 is 2.33 bits per heavy atom. The number of hydrogen-bond donors (Lipinski definition) is 0. The first-order valence-corrected chi connectivity index (χ1v) is 6.48. The second kappa shape index (κ2) is 4.49. The molecule has 2 nitrogen and oxygen atoms in total. The van der Waals surface area contributed by atoms with E-state index in [1.807, 2.05) is 17.0 Å². The van der Waals surface area contributed by atoms with Crippen LogP contribution in [0.3, 0.4) is 0 Å². The fraction of sp³-hybridized carbons (Fsp3) is 0.364. The van der Waals surface area contributed by atoms with Crippen molar-refractivity contribution < 1.29 is 4.79 Å². The highest BCUT2D eigenvalue weighted by Gasteiger charge is 2.18. The fourth-order valence-corrected chi connectivity index (χ4v) is 2.89. The summed E-state index contributed by atoms with van der Waals surface area (Å²) in [6, 6.07) is 3.80. The highest BCUT2D eigenvalue weighted by molar-refractivity contribution is 9.11. The molecule has 0 atom stereocenters. The van der Waals surface area contributed by atoms with E-state index in [0.29, 0.717) is 0 Å². The molecule has 0 aromatic carbocycles. The molecule has 1 aliphatic heterocycles. The zero-order valence-electron chi connectivity index (χ0n) is 8.50. The predicted molar refractivity (Wildman–Crippen MR) is 66.3 cm³/mol. The van der Waals surface area contributed by atoms with Crippen LogP contribution in [0.25, 0.3) is 0 Å². The molecule has 80 valence electrons. The monoisotopic (exact) mass is 285 g/mol. The summed E-state index contributed by atoms with van der Waals surface area (Å²) in [5, 5.41) is 0. The van der Waals surface area contributed by atoms with Crippen molar-refractivity contribution in [1.82, 2.24) is 4.90 Å². The summed E-state index contributed by atoms with van der Waals surface area (Å²) in [5.74, 6) is 0.148. The van der Waals surface area contributed by atoms with Gasteiger partial charge in [-0.15, -0.1) is 11.3 Å². The van der Waals surface area contributed by atoms with Gasteiger partial charge in [0.05, 0.1) is 8.66 Å². The van der Waals surface area contributed by atoms with E-state index >= 15 is 0 Å². The molecule has 2 rings (SSSR count). The minimum absolute atomic E-state index is 0.148. The van der Waals surface area contributed by atoms with Crippen molar-refractivity contribution in [3.63, 3.8) is 0 Å². The van der Waals surface area contributed by atoms with Crippen LogP contribution in [-0.2, 0) is 0 Å². The largest absolute Gasteiger partial charge is 0.334 e. The molecule has 0 aliphatic carbocycles. The Kier molecular flexibility index (Phi) is 3.26. The van der Waals surface area contributed by atoms with Gasteiger partial charge >= 0.3 is 0 Å². The number of halogens is 1. The Labute approximate surface area is 102 Å². The van der Waals surface area contributed by atoms with Crippen LogP contribution in [0, 0.1) is 0 Å². The minimum atomic E-state index is 0.148. The molecule has 4 heteroatoms. The SMILES string of the molecule is CC1=CCN(C(=O)c2ccc(Br)s2)CC1. The van der Waals surface area contributed by atoms with Crippen molar-refractivity contribution in [2.45, 2.75) is 13.3 Å². The van der Waals surface area contributed by atoms with Crippen LogP contribution < -0.4 is 0 Å². The van der Waals surface area contributed by atoms with Crippen LogP contribution in [0.5, 0.6) is 0 Å². The smallest absolute Gasteiger partial charge is 0.264 e. The summed E-state index contributed by atoms with van der Waals surface area (Å²) in [6.45, 7) is 3.71. The molecule has 0 saturated heterocycles. The molecule has 0 spiro atoms. The van der Waals surface area contributed by atoms with Gasteiger partial charge in [0, 0.05) is 13.1 Å². The summed E-state index contributed by atoms with van der Waals surface area (Å²) in [5.41, 5.74) is 1.38. The molecule has 0 saturated carbocycles. The van der Waals surface area contributed by atoms with Crippen molar-refractivity contribution in [3.8, 4) is 0 Å². The van der Waals surface area contributed by atoms with Gasteiger partial charge in [0.25, 0.3) is 5.91 Å². The van der Waals surface area contributed by atoms with Crippen LogP contribution >= 0.6 is 27.3 Å². The summed E-state index contributed by atoms with van der Waals surface area (Å²) in [6.07, 6.45) is 3.13. The number of nitrogens with zero attached hydrogens (tertiary/aromatic N) is 1. The molecule has 15 heavy (non-hydrogen) atoms. The summed E-state index contributed by atoms with van der Waals surface area (Å²) >= 11 is 4.86. The quantitative estimate of drug-likeness (QED) is 0.725. The third-order valence-electron chi connectivity index (χ3n) is 2.51. The first-order valence-electron chi connectivity index (χ1n) is 4.87. The zero-order valence-corrected chi connectivity index (χ0v) is 10.9. The lowest BCUT2D eigenvalue weighted by Crippen LogP contribution is -2.34. The van der Waals surface area contributed by atoms with E-state index in [1.165, 1.54) is 16.9 Å². The third kappa shape index (κ3) is 2.49. The highest BCUT2D eigenvalue weighted by atomic mass is 79.9. The Morgan fingerprint density at radius 1 is 1.53 bits per heavy atom. The van der Waals surface area contributed by atoms with E-state index in [4.69, 9.17) is 0 Å². The van der Waals surface area contributed by atoms with Gasteiger partial charge in [-0.05, 0) is 41.4 Å². The lowest BCUT2D eigenvalue weighted by molar-refractivity contribution is 0.0774. The van der Waals surface area contributed by atoms with Gasteiger partial charge in [-0.2, -0.15) is 0 Å². The standard InChI is InChI=1S/C11H12BrNOS/c1-8-4-6-13(7-5-8)11(14)9-2-3-10(12)15-9/h2-4H,5-7H2,1H3. The number of carbonyl (C=O) groups excluding carboxylic acids is 1. The highest BCUT2D eigenvalue weighted by Crippen LogP contribution is 2.24. The number of rotatable bonds is 1. The van der Waals surface area contributed by atoms with Gasteiger partial charge in [0.15, 0.2) is 0 Å². The average Bonchev–Trinajstić information content (AvgIpc) is 2.65. The van der Waals surface area contributed by atoms with Crippen LogP contribution in [0.4, 0.5) is 0 Å². The van der Waals surface area contributed by atoms with E-state index in [-0.39, 0.29) is 5.91 Å². The maximum atomic E-state index is 12.0. The number of hydrogen-bond acceptors (Lipinski definition) is 2. The number of thiophene rings is 1. The molecule has 1 aliphatic rings.